The number of carbonyl (C=O) groups is 3. The van der Waals surface area contributed by atoms with Gasteiger partial charge in [0.1, 0.15) is 5.70 Å². The fourth-order valence-electron chi connectivity index (χ4n) is 2.23. The summed E-state index contributed by atoms with van der Waals surface area (Å²) in [5.41, 5.74) is 0.496. The molecular formula is C17H19N2O6-. The molecule has 1 aromatic carbocycles. The van der Waals surface area contributed by atoms with E-state index in [0.29, 0.717) is 17.1 Å². The number of hydrogen-bond acceptors (Lipinski definition) is 6. The minimum Gasteiger partial charge on any atom is -0.548 e. The van der Waals surface area contributed by atoms with Crippen LogP contribution < -0.4 is 25.2 Å². The molecule has 0 bridgehead atoms. The maximum Gasteiger partial charge on any atom is 0.268 e. The Labute approximate surface area is 144 Å². The summed E-state index contributed by atoms with van der Waals surface area (Å²) in [5, 5.41) is 15.9. The number of carbonyl (C=O) groups excluding carboxylic acids is 3. The Morgan fingerprint density at radius 2 is 1.88 bits per heavy atom. The van der Waals surface area contributed by atoms with Crippen molar-refractivity contribution in [3.05, 3.63) is 29.5 Å². The first-order valence-electron chi connectivity index (χ1n) is 7.68. The van der Waals surface area contributed by atoms with Crippen molar-refractivity contribution in [1.82, 2.24) is 10.6 Å². The van der Waals surface area contributed by atoms with Crippen molar-refractivity contribution in [3.63, 3.8) is 0 Å². The standard InChI is InChI=1S/C17H20N2O6/c1-9(2)15(17(22)23)19-16(21)12(18-10(3)20)6-11-4-5-13-14(7-11)25-8-24-13/h4-7,9,15H,8H2,1-3H3,(H,18,20)(H,19,21)(H,22,23)/p-1/t15-/m1/s1. The summed E-state index contributed by atoms with van der Waals surface area (Å²) < 4.78 is 10.5. The Kier molecular flexibility index (Phi) is 5.63. The van der Waals surface area contributed by atoms with Crippen LogP contribution in [0, 0.1) is 5.92 Å². The number of rotatable bonds is 6. The summed E-state index contributed by atoms with van der Waals surface area (Å²) in [7, 11) is 0. The summed E-state index contributed by atoms with van der Waals surface area (Å²) in [5.74, 6) is -1.86. The summed E-state index contributed by atoms with van der Waals surface area (Å²) in [6, 6.07) is 3.83. The monoisotopic (exact) mass is 347 g/mol. The lowest BCUT2D eigenvalue weighted by atomic mass is 10.0. The lowest BCUT2D eigenvalue weighted by molar-refractivity contribution is -0.309. The first-order valence-corrected chi connectivity index (χ1v) is 7.68. The molecule has 0 aliphatic carbocycles. The van der Waals surface area contributed by atoms with Crippen LogP contribution in [0.15, 0.2) is 23.9 Å². The van der Waals surface area contributed by atoms with Crippen LogP contribution in [-0.4, -0.2) is 30.6 Å². The smallest absolute Gasteiger partial charge is 0.268 e. The lowest BCUT2D eigenvalue weighted by Crippen LogP contribution is -2.52. The van der Waals surface area contributed by atoms with E-state index in [-0.39, 0.29) is 18.4 Å². The van der Waals surface area contributed by atoms with Crippen molar-refractivity contribution in [2.75, 3.05) is 6.79 Å². The van der Waals surface area contributed by atoms with Crippen LogP contribution in [0.2, 0.25) is 0 Å². The molecule has 0 unspecified atom stereocenters. The zero-order valence-electron chi connectivity index (χ0n) is 14.1. The average Bonchev–Trinajstić information content (AvgIpc) is 2.98. The van der Waals surface area contributed by atoms with Crippen LogP contribution in [0.4, 0.5) is 0 Å². The number of benzene rings is 1. The van der Waals surface area contributed by atoms with Gasteiger partial charge in [0.05, 0.1) is 12.0 Å². The molecule has 8 heteroatoms. The molecule has 2 N–H and O–H groups in total. The number of hydrogen-bond donors (Lipinski definition) is 2. The van der Waals surface area contributed by atoms with Gasteiger partial charge >= 0.3 is 0 Å². The molecule has 25 heavy (non-hydrogen) atoms. The molecule has 0 radical (unpaired) electrons. The normalized spacial score (nSPS) is 14.2. The molecule has 2 rings (SSSR count). The fraction of sp³-hybridized carbons (Fsp3) is 0.353. The van der Waals surface area contributed by atoms with Crippen LogP contribution in [0.25, 0.3) is 6.08 Å². The third-order valence-corrected chi connectivity index (χ3v) is 3.47. The number of carboxylic acids is 1. The number of aliphatic carboxylic acids is 1. The van der Waals surface area contributed by atoms with E-state index in [1.165, 1.54) is 13.0 Å². The Balaban J connectivity index is 2.27. The van der Waals surface area contributed by atoms with E-state index in [4.69, 9.17) is 9.47 Å². The predicted molar refractivity (Wildman–Crippen MR) is 86.1 cm³/mol. The SMILES string of the molecule is CC(=O)NC(=Cc1ccc2c(c1)OCO2)C(=O)N[C@@H](C(=O)[O-])C(C)C. The van der Waals surface area contributed by atoms with Crippen molar-refractivity contribution in [2.24, 2.45) is 5.92 Å². The van der Waals surface area contributed by atoms with Crippen LogP contribution >= 0.6 is 0 Å². The van der Waals surface area contributed by atoms with Crippen LogP contribution in [-0.2, 0) is 14.4 Å². The number of carboxylic acid groups (broad SMARTS) is 1. The molecule has 1 aliphatic rings. The van der Waals surface area contributed by atoms with E-state index >= 15 is 0 Å². The molecule has 1 atom stereocenters. The topological polar surface area (TPSA) is 117 Å². The van der Waals surface area contributed by atoms with E-state index in [0.717, 1.165) is 0 Å². The van der Waals surface area contributed by atoms with E-state index in [2.05, 4.69) is 10.6 Å². The van der Waals surface area contributed by atoms with Gasteiger partial charge in [0.2, 0.25) is 12.7 Å². The van der Waals surface area contributed by atoms with Crippen LogP contribution in [0.1, 0.15) is 26.3 Å². The molecular weight excluding hydrogens is 328 g/mol. The Morgan fingerprint density at radius 3 is 2.48 bits per heavy atom. The van der Waals surface area contributed by atoms with Gasteiger partial charge in [-0.25, -0.2) is 0 Å². The maximum atomic E-state index is 12.4. The van der Waals surface area contributed by atoms with Gasteiger partial charge < -0.3 is 30.0 Å². The van der Waals surface area contributed by atoms with Crippen molar-refractivity contribution in [3.8, 4) is 11.5 Å². The molecule has 134 valence electrons. The highest BCUT2D eigenvalue weighted by atomic mass is 16.7. The van der Waals surface area contributed by atoms with Gasteiger partial charge in [0, 0.05) is 6.92 Å². The number of ether oxygens (including phenoxy) is 2. The molecule has 0 aromatic heterocycles. The van der Waals surface area contributed by atoms with Crippen molar-refractivity contribution < 1.29 is 29.0 Å². The van der Waals surface area contributed by atoms with Crippen LogP contribution in [0.5, 0.6) is 11.5 Å². The third-order valence-electron chi connectivity index (χ3n) is 3.47. The van der Waals surface area contributed by atoms with E-state index < -0.39 is 23.8 Å². The minimum absolute atomic E-state index is 0.0849. The third kappa shape index (κ3) is 4.72. The number of fused-ring (bicyclic) bond motifs is 1. The second-order valence-electron chi connectivity index (χ2n) is 5.87. The number of nitrogens with one attached hydrogen (secondary N) is 2. The summed E-state index contributed by atoms with van der Waals surface area (Å²) in [6.45, 7) is 4.64. The van der Waals surface area contributed by atoms with E-state index in [9.17, 15) is 19.5 Å². The highest BCUT2D eigenvalue weighted by Gasteiger charge is 2.21. The Hall–Kier alpha value is -3.03. The first-order chi connectivity index (χ1) is 11.8. The molecule has 0 spiro atoms. The number of amides is 2. The summed E-state index contributed by atoms with van der Waals surface area (Å²) in [4.78, 5) is 34.9. The summed E-state index contributed by atoms with van der Waals surface area (Å²) >= 11 is 0. The van der Waals surface area contributed by atoms with Crippen molar-refractivity contribution >= 4 is 23.9 Å². The molecule has 2 amide bonds. The lowest BCUT2D eigenvalue weighted by Gasteiger charge is -2.23. The van der Waals surface area contributed by atoms with Gasteiger partial charge in [0.25, 0.3) is 5.91 Å². The van der Waals surface area contributed by atoms with Gasteiger partial charge in [-0.2, -0.15) is 0 Å². The van der Waals surface area contributed by atoms with E-state index in [1.54, 1.807) is 32.0 Å². The second-order valence-corrected chi connectivity index (χ2v) is 5.87. The largest absolute Gasteiger partial charge is 0.548 e. The van der Waals surface area contributed by atoms with Crippen molar-refractivity contribution in [2.45, 2.75) is 26.8 Å². The highest BCUT2D eigenvalue weighted by Crippen LogP contribution is 2.33. The minimum atomic E-state index is -1.39. The molecule has 0 saturated carbocycles. The molecule has 1 heterocycles. The van der Waals surface area contributed by atoms with Gasteiger partial charge in [-0.3, -0.25) is 9.59 Å². The quantitative estimate of drug-likeness (QED) is 0.687. The molecule has 8 nitrogen and oxygen atoms in total. The van der Waals surface area contributed by atoms with Crippen molar-refractivity contribution in [1.29, 1.82) is 0 Å². The zero-order chi connectivity index (χ0) is 18.6. The van der Waals surface area contributed by atoms with E-state index in [1.807, 2.05) is 0 Å². The molecule has 1 aliphatic heterocycles. The average molecular weight is 347 g/mol. The highest BCUT2D eigenvalue weighted by molar-refractivity contribution is 6.02. The summed E-state index contributed by atoms with van der Waals surface area (Å²) in [6.07, 6.45) is 1.42. The Bertz CT molecular complexity index is 726. The second kappa shape index (κ2) is 7.69. The Morgan fingerprint density at radius 1 is 1.20 bits per heavy atom. The van der Waals surface area contributed by atoms with Gasteiger partial charge in [-0.05, 0) is 29.7 Å². The molecule has 1 aromatic rings. The van der Waals surface area contributed by atoms with Gasteiger partial charge in [-0.15, -0.1) is 0 Å². The first kappa shape index (κ1) is 18.3. The zero-order valence-corrected chi connectivity index (χ0v) is 14.1. The van der Waals surface area contributed by atoms with Crippen LogP contribution in [0.3, 0.4) is 0 Å². The fourth-order valence-corrected chi connectivity index (χ4v) is 2.23. The maximum absolute atomic E-state index is 12.4. The molecule has 0 fully saturated rings. The van der Waals surface area contributed by atoms with Gasteiger partial charge in [-0.1, -0.05) is 19.9 Å². The predicted octanol–water partition coefficient (Wildman–Crippen LogP) is -0.217. The van der Waals surface area contributed by atoms with Gasteiger partial charge in [0.15, 0.2) is 11.5 Å². The molecule has 0 saturated heterocycles.